The van der Waals surface area contributed by atoms with Crippen molar-refractivity contribution in [2.24, 2.45) is 0 Å². The van der Waals surface area contributed by atoms with Crippen LogP contribution in [-0.2, 0) is 11.3 Å². The zero-order chi connectivity index (χ0) is 13.5. The Labute approximate surface area is 119 Å². The van der Waals surface area contributed by atoms with Crippen LogP contribution in [0.3, 0.4) is 0 Å². The second-order valence-electron chi connectivity index (χ2n) is 4.52. The number of rotatable bonds is 7. The van der Waals surface area contributed by atoms with Crippen LogP contribution in [0.2, 0.25) is 5.02 Å². The fourth-order valence-electron chi connectivity index (χ4n) is 1.89. The maximum atomic E-state index is 5.99. The van der Waals surface area contributed by atoms with Crippen LogP contribution in [0, 0.1) is 0 Å². The Kier molecular flexibility index (Phi) is 5.43. The fraction of sp³-hybridized carbons (Fsp3) is 0.400. The number of hydrogen-bond donors (Lipinski definition) is 0. The van der Waals surface area contributed by atoms with Gasteiger partial charge in [-0.25, -0.2) is 4.98 Å². The van der Waals surface area contributed by atoms with E-state index < -0.39 is 0 Å². The number of aromatic nitrogens is 2. The second kappa shape index (κ2) is 7.31. The number of hydrogen-bond acceptors (Lipinski definition) is 2. The first kappa shape index (κ1) is 14.1. The van der Waals surface area contributed by atoms with Gasteiger partial charge in [-0.3, -0.25) is 0 Å². The smallest absolute Gasteiger partial charge is 0.100 e. The van der Waals surface area contributed by atoms with Crippen molar-refractivity contribution in [3.63, 3.8) is 0 Å². The van der Waals surface area contributed by atoms with Crippen LogP contribution in [0.15, 0.2) is 43.0 Å². The summed E-state index contributed by atoms with van der Waals surface area (Å²) >= 11 is 5.93. The summed E-state index contributed by atoms with van der Waals surface area (Å²) in [6.07, 6.45) is 7.80. The minimum absolute atomic E-state index is 0.0398. The third-order valence-corrected chi connectivity index (χ3v) is 3.25. The van der Waals surface area contributed by atoms with Gasteiger partial charge in [-0.1, -0.05) is 37.1 Å². The third-order valence-electron chi connectivity index (χ3n) is 2.99. The summed E-state index contributed by atoms with van der Waals surface area (Å²) in [6, 6.07) is 7.85. The summed E-state index contributed by atoms with van der Waals surface area (Å²) in [4.78, 5) is 4.07. The van der Waals surface area contributed by atoms with Crippen molar-refractivity contribution in [1.82, 2.24) is 9.55 Å². The first-order valence-electron chi connectivity index (χ1n) is 6.62. The molecule has 0 N–H and O–H groups in total. The quantitative estimate of drug-likeness (QED) is 0.713. The number of halogens is 1. The Hall–Kier alpha value is -1.32. The van der Waals surface area contributed by atoms with E-state index in [4.69, 9.17) is 16.3 Å². The van der Waals surface area contributed by atoms with Gasteiger partial charge in [0.05, 0.1) is 12.9 Å². The van der Waals surface area contributed by atoms with Gasteiger partial charge in [0.1, 0.15) is 6.10 Å². The molecule has 19 heavy (non-hydrogen) atoms. The van der Waals surface area contributed by atoms with Crippen molar-refractivity contribution in [3.05, 3.63) is 53.6 Å². The molecule has 2 aromatic rings. The Morgan fingerprint density at radius 3 is 2.74 bits per heavy atom. The molecule has 1 unspecified atom stereocenters. The van der Waals surface area contributed by atoms with Gasteiger partial charge >= 0.3 is 0 Å². The van der Waals surface area contributed by atoms with Crippen LogP contribution in [0.4, 0.5) is 0 Å². The molecule has 1 heterocycles. The average molecular weight is 279 g/mol. The molecule has 2 rings (SSSR count). The molecule has 4 heteroatoms. The molecule has 0 bridgehead atoms. The fourth-order valence-corrected chi connectivity index (χ4v) is 2.01. The van der Waals surface area contributed by atoms with Gasteiger partial charge in [0, 0.05) is 24.0 Å². The van der Waals surface area contributed by atoms with Crippen LogP contribution in [0.1, 0.15) is 31.4 Å². The Bertz CT molecular complexity index is 467. The first-order valence-corrected chi connectivity index (χ1v) is 7.00. The molecule has 0 fully saturated rings. The number of unbranched alkanes of at least 4 members (excludes halogenated alkanes) is 1. The van der Waals surface area contributed by atoms with Gasteiger partial charge in [-0.05, 0) is 24.1 Å². The molecule has 0 saturated heterocycles. The van der Waals surface area contributed by atoms with E-state index in [-0.39, 0.29) is 6.10 Å². The lowest BCUT2D eigenvalue weighted by Crippen LogP contribution is -2.12. The standard InChI is InChI=1S/C15H19ClN2O/c1-2-3-10-19-15(11-18-9-8-17-12-18)13-4-6-14(16)7-5-13/h4-9,12,15H,2-3,10-11H2,1H3. The minimum Gasteiger partial charge on any atom is -0.372 e. The van der Waals surface area contributed by atoms with Gasteiger partial charge in [0.2, 0.25) is 0 Å². The molecule has 0 aliphatic heterocycles. The average Bonchev–Trinajstić information content (AvgIpc) is 2.92. The summed E-state index contributed by atoms with van der Waals surface area (Å²) in [5.41, 5.74) is 1.15. The molecule has 0 aliphatic carbocycles. The lowest BCUT2D eigenvalue weighted by atomic mass is 10.1. The predicted molar refractivity (Wildman–Crippen MR) is 77.3 cm³/mol. The van der Waals surface area contributed by atoms with Crippen LogP contribution >= 0.6 is 11.6 Å². The van der Waals surface area contributed by atoms with Gasteiger partial charge in [-0.15, -0.1) is 0 Å². The molecular weight excluding hydrogens is 260 g/mol. The molecule has 0 spiro atoms. The zero-order valence-corrected chi connectivity index (χ0v) is 11.9. The summed E-state index contributed by atoms with van der Waals surface area (Å²) in [5, 5.41) is 0.749. The maximum absolute atomic E-state index is 5.99. The molecule has 102 valence electrons. The largest absolute Gasteiger partial charge is 0.372 e. The maximum Gasteiger partial charge on any atom is 0.100 e. The van der Waals surface area contributed by atoms with Crippen molar-refractivity contribution < 1.29 is 4.74 Å². The van der Waals surface area contributed by atoms with Gasteiger partial charge in [-0.2, -0.15) is 0 Å². The van der Waals surface area contributed by atoms with Crippen molar-refractivity contribution in [3.8, 4) is 0 Å². The summed E-state index contributed by atoms with van der Waals surface area (Å²) in [6.45, 7) is 3.71. The highest BCUT2D eigenvalue weighted by Gasteiger charge is 2.12. The zero-order valence-electron chi connectivity index (χ0n) is 11.1. The molecule has 1 aromatic heterocycles. The van der Waals surface area contributed by atoms with Crippen LogP contribution in [-0.4, -0.2) is 16.2 Å². The van der Waals surface area contributed by atoms with E-state index in [0.717, 1.165) is 36.6 Å². The van der Waals surface area contributed by atoms with Crippen molar-refractivity contribution in [1.29, 1.82) is 0 Å². The second-order valence-corrected chi connectivity index (χ2v) is 4.96. The van der Waals surface area contributed by atoms with E-state index in [0.29, 0.717) is 0 Å². The normalized spacial score (nSPS) is 12.5. The van der Waals surface area contributed by atoms with Crippen LogP contribution < -0.4 is 0 Å². The van der Waals surface area contributed by atoms with E-state index in [1.54, 1.807) is 6.20 Å². The number of nitrogens with zero attached hydrogens (tertiary/aromatic N) is 2. The SMILES string of the molecule is CCCCOC(Cn1ccnc1)c1ccc(Cl)cc1. The molecule has 0 amide bonds. The van der Waals surface area contributed by atoms with E-state index in [1.807, 2.05) is 41.4 Å². The molecule has 0 radical (unpaired) electrons. The van der Waals surface area contributed by atoms with Gasteiger partial charge in [0.15, 0.2) is 0 Å². The van der Waals surface area contributed by atoms with E-state index in [1.165, 1.54) is 0 Å². The summed E-state index contributed by atoms with van der Waals surface area (Å²) in [7, 11) is 0. The highest BCUT2D eigenvalue weighted by Crippen LogP contribution is 2.22. The number of ether oxygens (including phenoxy) is 1. The molecule has 1 aromatic carbocycles. The van der Waals surface area contributed by atoms with Crippen LogP contribution in [0.5, 0.6) is 0 Å². The van der Waals surface area contributed by atoms with Crippen molar-refractivity contribution in [2.45, 2.75) is 32.4 Å². The van der Waals surface area contributed by atoms with Crippen molar-refractivity contribution >= 4 is 11.6 Å². The lowest BCUT2D eigenvalue weighted by molar-refractivity contribution is 0.0387. The van der Waals surface area contributed by atoms with Gasteiger partial charge in [0.25, 0.3) is 0 Å². The topological polar surface area (TPSA) is 27.1 Å². The molecule has 3 nitrogen and oxygen atoms in total. The molecule has 0 saturated carbocycles. The van der Waals surface area contributed by atoms with E-state index in [2.05, 4.69) is 11.9 Å². The summed E-state index contributed by atoms with van der Waals surface area (Å²) in [5.74, 6) is 0. The molecule has 1 atom stereocenters. The van der Waals surface area contributed by atoms with E-state index >= 15 is 0 Å². The molecular formula is C15H19ClN2O. The summed E-state index contributed by atoms with van der Waals surface area (Å²) < 4.78 is 8.02. The lowest BCUT2D eigenvalue weighted by Gasteiger charge is -2.19. The highest BCUT2D eigenvalue weighted by atomic mass is 35.5. The third kappa shape index (κ3) is 4.37. The first-order chi connectivity index (χ1) is 9.29. The van der Waals surface area contributed by atoms with Crippen molar-refractivity contribution in [2.75, 3.05) is 6.61 Å². The van der Waals surface area contributed by atoms with E-state index in [9.17, 15) is 0 Å². The minimum atomic E-state index is 0.0398. The molecule has 0 aliphatic rings. The Balaban J connectivity index is 2.06. The van der Waals surface area contributed by atoms with Gasteiger partial charge < -0.3 is 9.30 Å². The highest BCUT2D eigenvalue weighted by molar-refractivity contribution is 6.30. The van der Waals surface area contributed by atoms with Crippen LogP contribution in [0.25, 0.3) is 0 Å². The number of benzene rings is 1. The predicted octanol–water partition coefficient (Wildman–Crippen LogP) is 4.09. The number of imidazole rings is 1. The Morgan fingerprint density at radius 1 is 1.32 bits per heavy atom. The monoisotopic (exact) mass is 278 g/mol. The Morgan fingerprint density at radius 2 is 2.11 bits per heavy atom.